The van der Waals surface area contributed by atoms with E-state index >= 15 is 0 Å². The molecule has 1 heterocycles. The Kier molecular flexibility index (Phi) is 3.78. The molecule has 2 aromatic rings. The summed E-state index contributed by atoms with van der Waals surface area (Å²) in [5.41, 5.74) is 0.804. The normalized spacial score (nSPS) is 9.94. The van der Waals surface area contributed by atoms with Gasteiger partial charge in [-0.3, -0.25) is 0 Å². The molecule has 1 aromatic heterocycles. The van der Waals surface area contributed by atoms with Crippen molar-refractivity contribution >= 4 is 29.2 Å². The highest BCUT2D eigenvalue weighted by Gasteiger charge is 2.04. The first-order valence-corrected chi connectivity index (χ1v) is 5.59. The van der Waals surface area contributed by atoms with Gasteiger partial charge in [0.1, 0.15) is 5.75 Å². The molecule has 0 aliphatic heterocycles. The molecule has 7 heteroatoms. The Morgan fingerprint density at radius 3 is 2.67 bits per heavy atom. The summed E-state index contributed by atoms with van der Waals surface area (Å²) in [6.45, 7) is 0. The Morgan fingerprint density at radius 1 is 1.17 bits per heavy atom. The van der Waals surface area contributed by atoms with Gasteiger partial charge in [0.05, 0.1) is 7.11 Å². The molecule has 2 N–H and O–H groups in total. The van der Waals surface area contributed by atoms with Crippen molar-refractivity contribution in [1.82, 2.24) is 15.0 Å². The summed E-state index contributed by atoms with van der Waals surface area (Å²) in [6, 6.07) is 7.42. The van der Waals surface area contributed by atoms with Crippen LogP contribution in [0.25, 0.3) is 0 Å². The SMILES string of the molecule is CNc1nc(Cl)nc(Nc2cccc(OC)c2)n1. The maximum absolute atomic E-state index is 5.79. The van der Waals surface area contributed by atoms with E-state index < -0.39 is 0 Å². The van der Waals surface area contributed by atoms with Crippen LogP contribution in [0.15, 0.2) is 24.3 Å². The lowest BCUT2D eigenvalue weighted by molar-refractivity contribution is 0.415. The van der Waals surface area contributed by atoms with E-state index in [1.165, 1.54) is 0 Å². The number of hydrogen-bond donors (Lipinski definition) is 2. The molecule has 0 atom stereocenters. The van der Waals surface area contributed by atoms with E-state index in [9.17, 15) is 0 Å². The topological polar surface area (TPSA) is 72.0 Å². The average molecular weight is 266 g/mol. The summed E-state index contributed by atoms with van der Waals surface area (Å²) in [7, 11) is 3.32. The minimum absolute atomic E-state index is 0.125. The minimum Gasteiger partial charge on any atom is -0.497 e. The second-order valence-electron chi connectivity index (χ2n) is 3.36. The van der Waals surface area contributed by atoms with Crippen molar-refractivity contribution in [3.05, 3.63) is 29.5 Å². The number of benzene rings is 1. The molecule has 0 spiro atoms. The number of ether oxygens (including phenoxy) is 1. The maximum Gasteiger partial charge on any atom is 0.233 e. The molecular weight excluding hydrogens is 254 g/mol. The van der Waals surface area contributed by atoms with Crippen molar-refractivity contribution in [2.45, 2.75) is 0 Å². The number of aromatic nitrogens is 3. The molecule has 0 radical (unpaired) electrons. The molecular formula is C11H12ClN5O. The predicted molar refractivity (Wildman–Crippen MR) is 70.7 cm³/mol. The van der Waals surface area contributed by atoms with Crippen molar-refractivity contribution in [3.63, 3.8) is 0 Å². The summed E-state index contributed by atoms with van der Waals surface area (Å²) < 4.78 is 5.13. The van der Waals surface area contributed by atoms with E-state index in [1.54, 1.807) is 14.2 Å². The number of nitrogens with zero attached hydrogens (tertiary/aromatic N) is 3. The Labute approximate surface area is 109 Å². The van der Waals surface area contributed by atoms with E-state index in [0.717, 1.165) is 11.4 Å². The summed E-state index contributed by atoms with van der Waals surface area (Å²) in [5.74, 6) is 1.52. The van der Waals surface area contributed by atoms with Crippen LogP contribution >= 0.6 is 11.6 Å². The van der Waals surface area contributed by atoms with Crippen molar-refractivity contribution in [2.24, 2.45) is 0 Å². The fourth-order valence-corrected chi connectivity index (χ4v) is 1.51. The molecule has 0 saturated heterocycles. The summed E-state index contributed by atoms with van der Waals surface area (Å²) in [6.07, 6.45) is 0. The summed E-state index contributed by atoms with van der Waals surface area (Å²) in [5, 5.41) is 5.96. The number of anilines is 3. The Morgan fingerprint density at radius 2 is 1.94 bits per heavy atom. The van der Waals surface area contributed by atoms with Gasteiger partial charge in [-0.15, -0.1) is 0 Å². The van der Waals surface area contributed by atoms with Gasteiger partial charge < -0.3 is 15.4 Å². The zero-order chi connectivity index (χ0) is 13.0. The molecule has 18 heavy (non-hydrogen) atoms. The number of rotatable bonds is 4. The average Bonchev–Trinajstić information content (AvgIpc) is 2.38. The van der Waals surface area contributed by atoms with Gasteiger partial charge >= 0.3 is 0 Å². The number of methoxy groups -OCH3 is 1. The lowest BCUT2D eigenvalue weighted by Gasteiger charge is -2.07. The zero-order valence-electron chi connectivity index (χ0n) is 9.94. The van der Waals surface area contributed by atoms with Crippen LogP contribution in [0.2, 0.25) is 5.28 Å². The van der Waals surface area contributed by atoms with Crippen molar-refractivity contribution in [2.75, 3.05) is 24.8 Å². The van der Waals surface area contributed by atoms with Gasteiger partial charge in [0.2, 0.25) is 17.2 Å². The van der Waals surface area contributed by atoms with Crippen LogP contribution in [-0.2, 0) is 0 Å². The zero-order valence-corrected chi connectivity index (χ0v) is 10.7. The number of nitrogens with one attached hydrogen (secondary N) is 2. The first kappa shape index (κ1) is 12.4. The van der Waals surface area contributed by atoms with E-state index in [4.69, 9.17) is 16.3 Å². The fourth-order valence-electron chi connectivity index (χ4n) is 1.35. The first-order valence-electron chi connectivity index (χ1n) is 5.21. The molecule has 0 unspecified atom stereocenters. The Hall–Kier alpha value is -2.08. The molecule has 0 aliphatic carbocycles. The van der Waals surface area contributed by atoms with Gasteiger partial charge in [0.25, 0.3) is 0 Å². The van der Waals surface area contributed by atoms with Crippen LogP contribution in [0.3, 0.4) is 0 Å². The van der Waals surface area contributed by atoms with Crippen LogP contribution < -0.4 is 15.4 Å². The predicted octanol–water partition coefficient (Wildman–Crippen LogP) is 2.32. The van der Waals surface area contributed by atoms with Crippen LogP contribution in [0.4, 0.5) is 17.6 Å². The van der Waals surface area contributed by atoms with Gasteiger partial charge in [-0.2, -0.15) is 15.0 Å². The number of hydrogen-bond acceptors (Lipinski definition) is 6. The smallest absolute Gasteiger partial charge is 0.233 e. The second-order valence-corrected chi connectivity index (χ2v) is 3.70. The second kappa shape index (κ2) is 5.50. The van der Waals surface area contributed by atoms with Gasteiger partial charge in [-0.05, 0) is 23.7 Å². The summed E-state index contributed by atoms with van der Waals surface area (Å²) >= 11 is 5.79. The maximum atomic E-state index is 5.79. The van der Waals surface area contributed by atoms with E-state index in [0.29, 0.717) is 11.9 Å². The first-order chi connectivity index (χ1) is 8.71. The molecule has 6 nitrogen and oxygen atoms in total. The highest BCUT2D eigenvalue weighted by molar-refractivity contribution is 6.28. The quantitative estimate of drug-likeness (QED) is 0.884. The third-order valence-electron chi connectivity index (χ3n) is 2.16. The standard InChI is InChI=1S/C11H12ClN5O/c1-13-10-15-9(12)16-11(17-10)14-7-4-3-5-8(6-7)18-2/h3-6H,1-2H3,(H2,13,14,15,16,17). The largest absolute Gasteiger partial charge is 0.497 e. The summed E-state index contributed by atoms with van der Waals surface area (Å²) in [4.78, 5) is 12.0. The lowest BCUT2D eigenvalue weighted by atomic mass is 10.3. The van der Waals surface area contributed by atoms with Gasteiger partial charge in [0, 0.05) is 18.8 Å². The minimum atomic E-state index is 0.125. The van der Waals surface area contributed by atoms with E-state index in [1.807, 2.05) is 24.3 Å². The molecule has 1 aromatic carbocycles. The fraction of sp³-hybridized carbons (Fsp3) is 0.182. The molecule has 0 aliphatic rings. The van der Waals surface area contributed by atoms with E-state index in [-0.39, 0.29) is 5.28 Å². The van der Waals surface area contributed by atoms with Crippen molar-refractivity contribution < 1.29 is 4.74 Å². The Bertz CT molecular complexity index is 549. The molecule has 94 valence electrons. The molecule has 0 fully saturated rings. The highest BCUT2D eigenvalue weighted by atomic mass is 35.5. The lowest BCUT2D eigenvalue weighted by Crippen LogP contribution is -2.03. The monoisotopic (exact) mass is 265 g/mol. The third-order valence-corrected chi connectivity index (χ3v) is 2.33. The van der Waals surface area contributed by atoms with Crippen LogP contribution in [0.5, 0.6) is 5.75 Å². The van der Waals surface area contributed by atoms with Crippen LogP contribution in [-0.4, -0.2) is 29.1 Å². The third kappa shape index (κ3) is 2.98. The van der Waals surface area contributed by atoms with Crippen molar-refractivity contribution in [1.29, 1.82) is 0 Å². The Balaban J connectivity index is 2.24. The number of halogens is 1. The van der Waals surface area contributed by atoms with Crippen LogP contribution in [0.1, 0.15) is 0 Å². The van der Waals surface area contributed by atoms with Gasteiger partial charge in [0.15, 0.2) is 0 Å². The van der Waals surface area contributed by atoms with Crippen LogP contribution in [0, 0.1) is 0 Å². The molecule has 2 rings (SSSR count). The van der Waals surface area contributed by atoms with Crippen molar-refractivity contribution in [3.8, 4) is 5.75 Å². The molecule has 0 amide bonds. The van der Waals surface area contributed by atoms with Gasteiger partial charge in [-0.1, -0.05) is 6.07 Å². The molecule has 0 bridgehead atoms. The van der Waals surface area contributed by atoms with E-state index in [2.05, 4.69) is 25.6 Å². The molecule has 0 saturated carbocycles. The van der Waals surface area contributed by atoms with Gasteiger partial charge in [-0.25, -0.2) is 0 Å². The highest BCUT2D eigenvalue weighted by Crippen LogP contribution is 2.20.